The fraction of sp³-hybridized carbons (Fsp3) is 0.467. The van der Waals surface area contributed by atoms with Crippen molar-refractivity contribution < 1.29 is 14.0 Å². The van der Waals surface area contributed by atoms with Crippen LogP contribution in [0.1, 0.15) is 25.8 Å². The number of rotatable bonds is 3. The zero-order chi connectivity index (χ0) is 15.6. The van der Waals surface area contributed by atoms with Crippen molar-refractivity contribution in [1.29, 1.82) is 0 Å². The Morgan fingerprint density at radius 3 is 2.76 bits per heavy atom. The quantitative estimate of drug-likeness (QED) is 0.931. The second-order valence-electron chi connectivity index (χ2n) is 5.53. The molecule has 4 nitrogen and oxygen atoms in total. The minimum absolute atomic E-state index is 0.0166. The summed E-state index contributed by atoms with van der Waals surface area (Å²) in [7, 11) is 0. The van der Waals surface area contributed by atoms with Crippen LogP contribution in [0.3, 0.4) is 0 Å². The molecule has 1 heterocycles. The third-order valence-corrected chi connectivity index (χ3v) is 3.78. The Morgan fingerprint density at radius 1 is 1.43 bits per heavy atom. The van der Waals surface area contributed by atoms with Crippen molar-refractivity contribution in [2.24, 2.45) is 5.92 Å². The highest BCUT2D eigenvalue weighted by Crippen LogP contribution is 2.19. The fourth-order valence-corrected chi connectivity index (χ4v) is 2.47. The van der Waals surface area contributed by atoms with Crippen LogP contribution in [0.5, 0.6) is 0 Å². The third kappa shape index (κ3) is 3.73. The van der Waals surface area contributed by atoms with Crippen molar-refractivity contribution in [3.63, 3.8) is 0 Å². The van der Waals surface area contributed by atoms with E-state index in [1.807, 2.05) is 13.8 Å². The number of benzene rings is 1. The number of halogens is 2. The van der Waals surface area contributed by atoms with E-state index in [1.54, 1.807) is 12.1 Å². The van der Waals surface area contributed by atoms with Gasteiger partial charge in [-0.25, -0.2) is 4.39 Å². The van der Waals surface area contributed by atoms with Crippen LogP contribution in [0.2, 0.25) is 5.02 Å². The van der Waals surface area contributed by atoms with Gasteiger partial charge in [-0.3, -0.25) is 9.59 Å². The Labute approximate surface area is 128 Å². The first-order chi connectivity index (χ1) is 9.88. The molecule has 1 atom stereocenters. The van der Waals surface area contributed by atoms with Gasteiger partial charge in [0, 0.05) is 30.1 Å². The van der Waals surface area contributed by atoms with E-state index in [0.29, 0.717) is 10.6 Å². The molecule has 0 spiro atoms. The number of nitrogens with one attached hydrogen (secondary N) is 1. The van der Waals surface area contributed by atoms with E-state index in [4.69, 9.17) is 11.6 Å². The SMILES string of the molecule is CC(C)C1NC(=O)CCN(Cc2ccc(Cl)cc2F)C1=O. The lowest BCUT2D eigenvalue weighted by atomic mass is 10.0. The monoisotopic (exact) mass is 312 g/mol. The highest BCUT2D eigenvalue weighted by Gasteiger charge is 2.32. The van der Waals surface area contributed by atoms with Gasteiger partial charge in [-0.1, -0.05) is 31.5 Å². The summed E-state index contributed by atoms with van der Waals surface area (Å²) in [5.74, 6) is -0.789. The number of carbonyl (C=O) groups excluding carboxylic acids is 2. The summed E-state index contributed by atoms with van der Waals surface area (Å²) in [6.07, 6.45) is 0.226. The zero-order valence-corrected chi connectivity index (χ0v) is 12.8. The molecular formula is C15H18ClFN2O2. The normalized spacial score (nSPS) is 19.7. The first-order valence-corrected chi connectivity index (χ1v) is 7.28. The van der Waals surface area contributed by atoms with E-state index < -0.39 is 11.9 Å². The molecule has 1 unspecified atom stereocenters. The van der Waals surface area contributed by atoms with E-state index >= 15 is 0 Å². The lowest BCUT2D eigenvalue weighted by molar-refractivity contribution is -0.135. The maximum atomic E-state index is 13.9. The molecule has 1 saturated heterocycles. The Bertz CT molecular complexity index is 563. The van der Waals surface area contributed by atoms with E-state index in [1.165, 1.54) is 11.0 Å². The summed E-state index contributed by atoms with van der Waals surface area (Å²) in [6.45, 7) is 4.17. The standard InChI is InChI=1S/C15H18ClFN2O2/c1-9(2)14-15(21)19(6-5-13(20)18-14)8-10-3-4-11(16)7-12(10)17/h3-4,7,9,14H,5-6,8H2,1-2H3,(H,18,20). The smallest absolute Gasteiger partial charge is 0.245 e. The van der Waals surface area contributed by atoms with Crippen LogP contribution in [0.25, 0.3) is 0 Å². The van der Waals surface area contributed by atoms with Crippen LogP contribution in [-0.4, -0.2) is 29.3 Å². The van der Waals surface area contributed by atoms with E-state index in [-0.39, 0.29) is 37.2 Å². The highest BCUT2D eigenvalue weighted by molar-refractivity contribution is 6.30. The molecule has 1 aliphatic heterocycles. The van der Waals surface area contributed by atoms with Crippen molar-refractivity contribution in [1.82, 2.24) is 10.2 Å². The van der Waals surface area contributed by atoms with Gasteiger partial charge in [0.1, 0.15) is 11.9 Å². The van der Waals surface area contributed by atoms with E-state index in [9.17, 15) is 14.0 Å². The largest absolute Gasteiger partial charge is 0.344 e. The molecule has 1 N–H and O–H groups in total. The minimum Gasteiger partial charge on any atom is -0.344 e. The molecule has 0 bridgehead atoms. The van der Waals surface area contributed by atoms with Crippen LogP contribution >= 0.6 is 11.6 Å². The molecule has 1 aromatic rings. The van der Waals surface area contributed by atoms with E-state index in [2.05, 4.69) is 5.32 Å². The Hall–Kier alpha value is -1.62. The van der Waals surface area contributed by atoms with Crippen LogP contribution in [0.4, 0.5) is 4.39 Å². The fourth-order valence-electron chi connectivity index (χ4n) is 2.32. The molecule has 0 saturated carbocycles. The van der Waals surface area contributed by atoms with Crippen molar-refractivity contribution in [3.8, 4) is 0 Å². The number of amides is 2. The predicted molar refractivity (Wildman–Crippen MR) is 78.2 cm³/mol. The Balaban J connectivity index is 2.21. The maximum absolute atomic E-state index is 13.9. The first kappa shape index (κ1) is 15.8. The van der Waals surface area contributed by atoms with Crippen LogP contribution in [0.15, 0.2) is 18.2 Å². The van der Waals surface area contributed by atoms with Gasteiger partial charge >= 0.3 is 0 Å². The van der Waals surface area contributed by atoms with Gasteiger partial charge < -0.3 is 10.2 Å². The van der Waals surface area contributed by atoms with Crippen LogP contribution < -0.4 is 5.32 Å². The molecule has 1 fully saturated rings. The second kappa shape index (κ2) is 6.43. The van der Waals surface area contributed by atoms with Gasteiger partial charge in [0.15, 0.2) is 0 Å². The molecule has 0 radical (unpaired) electrons. The lowest BCUT2D eigenvalue weighted by Gasteiger charge is -2.26. The zero-order valence-electron chi connectivity index (χ0n) is 12.0. The molecule has 2 rings (SSSR count). The van der Waals surface area contributed by atoms with Gasteiger partial charge in [0.25, 0.3) is 0 Å². The molecule has 0 aliphatic carbocycles. The summed E-state index contributed by atoms with van der Waals surface area (Å²) in [5, 5.41) is 3.04. The predicted octanol–water partition coefficient (Wildman–Crippen LogP) is 2.35. The van der Waals surface area contributed by atoms with Gasteiger partial charge in [-0.05, 0) is 18.1 Å². The van der Waals surface area contributed by atoms with Crippen LogP contribution in [0, 0.1) is 11.7 Å². The van der Waals surface area contributed by atoms with Crippen molar-refractivity contribution in [2.45, 2.75) is 32.9 Å². The summed E-state index contributed by atoms with van der Waals surface area (Å²) in [5.41, 5.74) is 0.393. The lowest BCUT2D eigenvalue weighted by Crippen LogP contribution is -2.47. The third-order valence-electron chi connectivity index (χ3n) is 3.55. The molecule has 6 heteroatoms. The molecule has 1 aliphatic rings. The first-order valence-electron chi connectivity index (χ1n) is 6.90. The topological polar surface area (TPSA) is 49.4 Å². The summed E-state index contributed by atoms with van der Waals surface area (Å²) >= 11 is 5.72. The highest BCUT2D eigenvalue weighted by atomic mass is 35.5. The van der Waals surface area contributed by atoms with E-state index in [0.717, 1.165) is 0 Å². The van der Waals surface area contributed by atoms with Gasteiger partial charge in [0.05, 0.1) is 0 Å². The summed E-state index contributed by atoms with van der Waals surface area (Å²) < 4.78 is 13.9. The van der Waals surface area contributed by atoms with Crippen molar-refractivity contribution in [2.75, 3.05) is 6.54 Å². The average molecular weight is 313 g/mol. The minimum atomic E-state index is -0.560. The summed E-state index contributed by atoms with van der Waals surface area (Å²) in [6, 6.07) is 3.82. The number of hydrogen-bond acceptors (Lipinski definition) is 2. The van der Waals surface area contributed by atoms with Gasteiger partial charge in [-0.2, -0.15) is 0 Å². The van der Waals surface area contributed by atoms with Gasteiger partial charge in [-0.15, -0.1) is 0 Å². The number of nitrogens with zero attached hydrogens (tertiary/aromatic N) is 1. The molecule has 114 valence electrons. The maximum Gasteiger partial charge on any atom is 0.245 e. The number of hydrogen-bond donors (Lipinski definition) is 1. The number of carbonyl (C=O) groups is 2. The molecule has 1 aromatic carbocycles. The average Bonchev–Trinajstić information content (AvgIpc) is 2.54. The second-order valence-corrected chi connectivity index (χ2v) is 5.97. The molecule has 21 heavy (non-hydrogen) atoms. The molecule has 0 aromatic heterocycles. The Kier molecular flexibility index (Phi) is 4.83. The molecule has 2 amide bonds. The Morgan fingerprint density at radius 2 is 2.14 bits per heavy atom. The van der Waals surface area contributed by atoms with Crippen molar-refractivity contribution in [3.05, 3.63) is 34.6 Å². The van der Waals surface area contributed by atoms with Crippen LogP contribution in [-0.2, 0) is 16.1 Å². The van der Waals surface area contributed by atoms with Gasteiger partial charge in [0.2, 0.25) is 11.8 Å². The molecular weight excluding hydrogens is 295 g/mol. The van der Waals surface area contributed by atoms with Crippen molar-refractivity contribution >= 4 is 23.4 Å². The summed E-state index contributed by atoms with van der Waals surface area (Å²) in [4.78, 5) is 25.7.